The minimum absolute atomic E-state index is 0.0930. The van der Waals surface area contributed by atoms with Crippen molar-refractivity contribution in [1.82, 2.24) is 15.5 Å². The molecule has 1 aliphatic rings. The van der Waals surface area contributed by atoms with Crippen LogP contribution in [0.4, 0.5) is 0 Å². The molecule has 1 heterocycles. The van der Waals surface area contributed by atoms with Crippen LogP contribution in [0, 0.1) is 0 Å². The van der Waals surface area contributed by atoms with E-state index in [2.05, 4.69) is 27.7 Å². The Morgan fingerprint density at radius 2 is 1.72 bits per heavy atom. The Labute approximate surface area is 175 Å². The molecule has 0 radical (unpaired) electrons. The Bertz CT molecular complexity index is 833. The molecule has 2 amide bonds. The maximum atomic E-state index is 12.0. The van der Waals surface area contributed by atoms with Crippen LogP contribution in [-0.2, 0) is 17.9 Å². The van der Waals surface area contributed by atoms with Crippen molar-refractivity contribution >= 4 is 23.4 Å². The number of benzene rings is 2. The van der Waals surface area contributed by atoms with Crippen LogP contribution >= 0.6 is 11.6 Å². The molecule has 1 saturated heterocycles. The molecule has 0 saturated carbocycles. The Kier molecular flexibility index (Phi) is 7.63. The molecule has 154 valence electrons. The summed E-state index contributed by atoms with van der Waals surface area (Å²) in [7, 11) is 0. The molecule has 29 heavy (non-hydrogen) atoms. The van der Waals surface area contributed by atoms with Gasteiger partial charge in [0.1, 0.15) is 0 Å². The second-order valence-electron chi connectivity index (χ2n) is 7.29. The summed E-state index contributed by atoms with van der Waals surface area (Å²) in [4.78, 5) is 26.4. The highest BCUT2D eigenvalue weighted by Crippen LogP contribution is 2.14. The molecule has 1 aliphatic heterocycles. The molecule has 0 spiro atoms. The first-order valence-corrected chi connectivity index (χ1v) is 10.2. The summed E-state index contributed by atoms with van der Waals surface area (Å²) in [5, 5.41) is 15.4. The number of hydrogen-bond acceptors (Lipinski definition) is 4. The fraction of sp³-hybridized carbons (Fsp3) is 0.364. The van der Waals surface area contributed by atoms with Crippen molar-refractivity contribution in [2.45, 2.75) is 32.0 Å². The molecule has 0 bridgehead atoms. The molecule has 2 aromatic carbocycles. The van der Waals surface area contributed by atoms with Gasteiger partial charge in [-0.25, -0.2) is 0 Å². The zero-order valence-electron chi connectivity index (χ0n) is 16.2. The van der Waals surface area contributed by atoms with Crippen molar-refractivity contribution in [3.05, 3.63) is 70.2 Å². The zero-order chi connectivity index (χ0) is 20.6. The fourth-order valence-corrected chi connectivity index (χ4v) is 3.44. The number of hydrogen-bond donors (Lipinski definition) is 3. The Morgan fingerprint density at radius 1 is 1.03 bits per heavy atom. The van der Waals surface area contributed by atoms with Crippen LogP contribution in [0.1, 0.15) is 34.3 Å². The number of aliphatic hydroxyl groups excluding tert-OH is 1. The first-order chi connectivity index (χ1) is 14.0. The van der Waals surface area contributed by atoms with Crippen LogP contribution in [0.25, 0.3) is 0 Å². The number of amides is 2. The minimum atomic E-state index is -0.336. The number of likely N-dealkylation sites (tertiary alicyclic amines) is 1. The highest BCUT2D eigenvalue weighted by Gasteiger charge is 2.16. The van der Waals surface area contributed by atoms with Gasteiger partial charge in [-0.1, -0.05) is 41.9 Å². The molecule has 6 nitrogen and oxygen atoms in total. The van der Waals surface area contributed by atoms with Crippen molar-refractivity contribution in [3.63, 3.8) is 0 Å². The van der Waals surface area contributed by atoms with E-state index in [0.717, 1.165) is 38.0 Å². The van der Waals surface area contributed by atoms with Gasteiger partial charge in [0.15, 0.2) is 0 Å². The summed E-state index contributed by atoms with van der Waals surface area (Å²) in [6, 6.07) is 14.7. The molecule has 2 aromatic rings. The van der Waals surface area contributed by atoms with E-state index >= 15 is 0 Å². The number of halogens is 1. The van der Waals surface area contributed by atoms with Crippen molar-refractivity contribution in [3.8, 4) is 0 Å². The van der Waals surface area contributed by atoms with Crippen LogP contribution in [0.3, 0.4) is 0 Å². The second kappa shape index (κ2) is 10.4. The van der Waals surface area contributed by atoms with E-state index in [1.807, 2.05) is 12.1 Å². The van der Waals surface area contributed by atoms with Gasteiger partial charge < -0.3 is 15.7 Å². The average molecular weight is 416 g/mol. The van der Waals surface area contributed by atoms with Crippen LogP contribution in [0.2, 0.25) is 5.02 Å². The summed E-state index contributed by atoms with van der Waals surface area (Å²) < 4.78 is 0. The van der Waals surface area contributed by atoms with Gasteiger partial charge in [-0.3, -0.25) is 14.5 Å². The maximum Gasteiger partial charge on any atom is 0.251 e. The molecule has 0 unspecified atom stereocenters. The third-order valence-electron chi connectivity index (χ3n) is 4.97. The topological polar surface area (TPSA) is 81.7 Å². The molecule has 0 aromatic heterocycles. The van der Waals surface area contributed by atoms with Gasteiger partial charge >= 0.3 is 0 Å². The molecule has 0 atom stereocenters. The molecular formula is C22H26ClN3O3. The quantitative estimate of drug-likeness (QED) is 0.648. The van der Waals surface area contributed by atoms with Gasteiger partial charge in [-0.05, 0) is 42.2 Å². The highest BCUT2D eigenvalue weighted by atomic mass is 35.5. The van der Waals surface area contributed by atoms with Crippen LogP contribution in [0.15, 0.2) is 48.5 Å². The largest absolute Gasteiger partial charge is 0.393 e. The van der Waals surface area contributed by atoms with E-state index in [1.54, 1.807) is 24.3 Å². The molecule has 1 fully saturated rings. The van der Waals surface area contributed by atoms with E-state index in [9.17, 15) is 14.7 Å². The third-order valence-corrected chi connectivity index (χ3v) is 5.21. The van der Waals surface area contributed by atoms with E-state index in [0.29, 0.717) is 17.1 Å². The number of nitrogens with zero attached hydrogens (tertiary/aromatic N) is 1. The van der Waals surface area contributed by atoms with E-state index in [-0.39, 0.29) is 24.5 Å². The summed E-state index contributed by atoms with van der Waals surface area (Å²) in [5.74, 6) is -0.589. The van der Waals surface area contributed by atoms with E-state index in [1.165, 1.54) is 5.56 Å². The van der Waals surface area contributed by atoms with Gasteiger partial charge in [-0.2, -0.15) is 0 Å². The molecular weight excluding hydrogens is 390 g/mol. The smallest absolute Gasteiger partial charge is 0.251 e. The number of carbonyl (C=O) groups excluding carboxylic acids is 2. The lowest BCUT2D eigenvalue weighted by Crippen LogP contribution is -2.36. The van der Waals surface area contributed by atoms with Crippen molar-refractivity contribution in [2.24, 2.45) is 0 Å². The van der Waals surface area contributed by atoms with Crippen molar-refractivity contribution in [2.75, 3.05) is 19.6 Å². The van der Waals surface area contributed by atoms with E-state index in [4.69, 9.17) is 11.6 Å². The Balaban J connectivity index is 1.39. The summed E-state index contributed by atoms with van der Waals surface area (Å²) in [5.41, 5.74) is 2.63. The SMILES string of the molecule is O=C(CNC(=O)c1cccc(Cl)c1)NCc1ccc(CN2CCC(O)CC2)cc1. The minimum Gasteiger partial charge on any atom is -0.393 e. The molecule has 0 aliphatic carbocycles. The monoisotopic (exact) mass is 415 g/mol. The fourth-order valence-electron chi connectivity index (χ4n) is 3.25. The lowest BCUT2D eigenvalue weighted by Gasteiger charge is -2.29. The number of nitrogens with one attached hydrogen (secondary N) is 2. The van der Waals surface area contributed by atoms with Gasteiger partial charge in [0.05, 0.1) is 12.6 Å². The lowest BCUT2D eigenvalue weighted by molar-refractivity contribution is -0.120. The summed E-state index contributed by atoms with van der Waals surface area (Å²) in [6.07, 6.45) is 1.50. The Hall–Kier alpha value is -2.41. The predicted octanol–water partition coefficient (Wildman–Crippen LogP) is 2.34. The number of aliphatic hydroxyl groups is 1. The summed E-state index contributed by atoms with van der Waals surface area (Å²) >= 11 is 5.87. The van der Waals surface area contributed by atoms with Gasteiger partial charge in [0, 0.05) is 36.8 Å². The van der Waals surface area contributed by atoms with Crippen LogP contribution in [0.5, 0.6) is 0 Å². The number of piperidine rings is 1. The maximum absolute atomic E-state index is 12.0. The average Bonchev–Trinajstić information content (AvgIpc) is 2.73. The van der Waals surface area contributed by atoms with Crippen LogP contribution in [-0.4, -0.2) is 47.6 Å². The molecule has 3 N–H and O–H groups in total. The van der Waals surface area contributed by atoms with E-state index < -0.39 is 0 Å². The molecule has 3 rings (SSSR count). The summed E-state index contributed by atoms with van der Waals surface area (Å²) in [6.45, 7) is 3.01. The highest BCUT2D eigenvalue weighted by molar-refractivity contribution is 6.30. The van der Waals surface area contributed by atoms with Crippen molar-refractivity contribution in [1.29, 1.82) is 0 Å². The Morgan fingerprint density at radius 3 is 2.41 bits per heavy atom. The standard InChI is InChI=1S/C22H26ClN3O3/c23-19-3-1-2-18(12-19)22(29)25-14-21(28)24-13-16-4-6-17(7-5-16)15-26-10-8-20(27)9-11-26/h1-7,12,20,27H,8-11,13-15H2,(H,24,28)(H,25,29). The zero-order valence-corrected chi connectivity index (χ0v) is 17.0. The number of rotatable bonds is 7. The first kappa shape index (κ1) is 21.3. The second-order valence-corrected chi connectivity index (χ2v) is 7.73. The predicted molar refractivity (Wildman–Crippen MR) is 113 cm³/mol. The first-order valence-electron chi connectivity index (χ1n) is 9.78. The van der Waals surface area contributed by atoms with Gasteiger partial charge in [0.2, 0.25) is 5.91 Å². The van der Waals surface area contributed by atoms with Crippen molar-refractivity contribution < 1.29 is 14.7 Å². The van der Waals surface area contributed by atoms with Crippen LogP contribution < -0.4 is 10.6 Å². The number of carbonyl (C=O) groups is 2. The lowest BCUT2D eigenvalue weighted by atomic mass is 10.1. The normalized spacial score (nSPS) is 15.1. The third kappa shape index (κ3) is 6.85. The molecule has 7 heteroatoms. The van der Waals surface area contributed by atoms with Gasteiger partial charge in [-0.15, -0.1) is 0 Å². The van der Waals surface area contributed by atoms with Gasteiger partial charge in [0.25, 0.3) is 5.91 Å².